The molecule has 1 saturated carbocycles. The molecule has 0 saturated heterocycles. The van der Waals surface area contributed by atoms with E-state index in [0.29, 0.717) is 32.5 Å². The number of amides is 1. The lowest BCUT2D eigenvalue weighted by atomic mass is 9.78. The monoisotopic (exact) mass is 542 g/mol. The number of Topliss-reactive ketones (excluding diaryl/α,β-unsaturated/α-hetero) is 1. The van der Waals surface area contributed by atoms with Gasteiger partial charge in [-0.25, -0.2) is 0 Å². The molecule has 7 nitrogen and oxygen atoms in total. The normalized spacial score (nSPS) is 17.6. The number of halogens is 1. The second-order valence-electron chi connectivity index (χ2n) is 10.5. The zero-order valence-corrected chi connectivity index (χ0v) is 23.8. The standard InChI is InChI=1S/C30H39ClN2O5/c1-19-15-24(8-9-27(19)31)22(4)33(26-16-25(17-26)30(36)37)18-23-7-10-28(20(2)14-23)38-13-12-32(5)29(35)11-6-21(3)34/h7-10,14-15,22,25-26H,6,11-13,16-18H2,1-5H3,(H,36,37)/t22?,25-,26+. The van der Waals surface area contributed by atoms with Crippen LogP contribution in [-0.2, 0) is 20.9 Å². The lowest BCUT2D eigenvalue weighted by molar-refractivity contribution is -0.147. The molecule has 0 heterocycles. The number of carboxylic acid groups (broad SMARTS) is 1. The highest BCUT2D eigenvalue weighted by Gasteiger charge is 2.39. The Bertz CT molecular complexity index is 1160. The number of aliphatic carboxylic acids is 1. The third-order valence-corrected chi connectivity index (χ3v) is 7.92. The summed E-state index contributed by atoms with van der Waals surface area (Å²) in [4.78, 5) is 38.7. The molecule has 1 N–H and O–H groups in total. The molecule has 0 aromatic heterocycles. The van der Waals surface area contributed by atoms with Crippen LogP contribution >= 0.6 is 11.6 Å². The SMILES string of the molecule is CC(=O)CCC(=O)N(C)CCOc1ccc(CN(C(C)c2ccc(Cl)c(C)c2)[C@H]2C[C@@H](C(=O)O)C2)cc1C. The van der Waals surface area contributed by atoms with Crippen molar-refractivity contribution in [2.45, 2.75) is 72.0 Å². The highest BCUT2D eigenvalue weighted by Crippen LogP contribution is 2.38. The zero-order chi connectivity index (χ0) is 28.0. The van der Waals surface area contributed by atoms with Gasteiger partial charge in [0.05, 0.1) is 12.5 Å². The van der Waals surface area contributed by atoms with Crippen LogP contribution in [0.3, 0.4) is 0 Å². The predicted molar refractivity (Wildman–Crippen MR) is 149 cm³/mol. The first-order chi connectivity index (χ1) is 18.0. The van der Waals surface area contributed by atoms with E-state index in [-0.39, 0.29) is 42.5 Å². The summed E-state index contributed by atoms with van der Waals surface area (Å²) in [6.45, 7) is 9.13. The summed E-state index contributed by atoms with van der Waals surface area (Å²) >= 11 is 6.25. The zero-order valence-electron chi connectivity index (χ0n) is 23.0. The molecule has 2 aromatic carbocycles. The van der Waals surface area contributed by atoms with Crippen LogP contribution in [0.4, 0.5) is 0 Å². The van der Waals surface area contributed by atoms with Gasteiger partial charge in [-0.15, -0.1) is 0 Å². The van der Waals surface area contributed by atoms with E-state index in [1.807, 2.05) is 38.1 Å². The Morgan fingerprint density at radius 2 is 1.79 bits per heavy atom. The number of rotatable bonds is 13. The van der Waals surface area contributed by atoms with Crippen LogP contribution in [-0.4, -0.2) is 58.8 Å². The van der Waals surface area contributed by atoms with E-state index in [9.17, 15) is 19.5 Å². The van der Waals surface area contributed by atoms with Crippen molar-refractivity contribution >= 4 is 29.3 Å². The van der Waals surface area contributed by atoms with E-state index in [4.69, 9.17) is 16.3 Å². The van der Waals surface area contributed by atoms with Gasteiger partial charge in [-0.2, -0.15) is 0 Å². The molecule has 0 bridgehead atoms. The molecule has 38 heavy (non-hydrogen) atoms. The maximum Gasteiger partial charge on any atom is 0.306 e. The van der Waals surface area contributed by atoms with Gasteiger partial charge in [0, 0.05) is 43.5 Å². The number of hydrogen-bond acceptors (Lipinski definition) is 5. The van der Waals surface area contributed by atoms with E-state index in [1.54, 1.807) is 11.9 Å². The average molecular weight is 543 g/mol. The van der Waals surface area contributed by atoms with Crippen molar-refractivity contribution in [2.24, 2.45) is 5.92 Å². The fourth-order valence-electron chi connectivity index (χ4n) is 4.84. The van der Waals surface area contributed by atoms with Crippen molar-refractivity contribution in [3.63, 3.8) is 0 Å². The van der Waals surface area contributed by atoms with Gasteiger partial charge in [0.2, 0.25) is 5.91 Å². The summed E-state index contributed by atoms with van der Waals surface area (Å²) in [5.41, 5.74) is 4.31. The highest BCUT2D eigenvalue weighted by atomic mass is 35.5. The number of carbonyl (C=O) groups is 3. The molecule has 1 aliphatic rings. The van der Waals surface area contributed by atoms with Crippen LogP contribution in [0.15, 0.2) is 36.4 Å². The van der Waals surface area contributed by atoms with Gasteiger partial charge in [0.15, 0.2) is 0 Å². The van der Waals surface area contributed by atoms with Gasteiger partial charge >= 0.3 is 5.97 Å². The second-order valence-corrected chi connectivity index (χ2v) is 10.9. The average Bonchev–Trinajstić information content (AvgIpc) is 2.83. The first-order valence-electron chi connectivity index (χ1n) is 13.2. The van der Waals surface area contributed by atoms with E-state index in [1.165, 1.54) is 6.92 Å². The predicted octanol–water partition coefficient (Wildman–Crippen LogP) is 5.59. The number of nitrogens with zero attached hydrogens (tertiary/aromatic N) is 2. The van der Waals surface area contributed by atoms with Gasteiger partial charge in [0.1, 0.15) is 18.1 Å². The lowest BCUT2D eigenvalue weighted by Gasteiger charge is -2.44. The fourth-order valence-corrected chi connectivity index (χ4v) is 4.95. The Balaban J connectivity index is 1.65. The highest BCUT2D eigenvalue weighted by molar-refractivity contribution is 6.31. The third kappa shape index (κ3) is 7.81. The van der Waals surface area contributed by atoms with Crippen molar-refractivity contribution in [1.82, 2.24) is 9.80 Å². The number of likely N-dealkylation sites (N-methyl/N-ethyl adjacent to an activating group) is 1. The van der Waals surface area contributed by atoms with Gasteiger partial charge in [-0.1, -0.05) is 35.9 Å². The lowest BCUT2D eigenvalue weighted by Crippen LogP contribution is -2.47. The topological polar surface area (TPSA) is 87.2 Å². The molecule has 0 radical (unpaired) electrons. The van der Waals surface area contributed by atoms with Gasteiger partial charge < -0.3 is 19.5 Å². The number of benzene rings is 2. The molecule has 1 aliphatic carbocycles. The van der Waals surface area contributed by atoms with E-state index in [2.05, 4.69) is 24.0 Å². The molecule has 8 heteroatoms. The molecular formula is C30H39ClN2O5. The molecule has 0 aliphatic heterocycles. The minimum atomic E-state index is -0.722. The second kappa shape index (κ2) is 13.3. The molecule has 1 unspecified atom stereocenters. The van der Waals surface area contributed by atoms with Gasteiger partial charge in [-0.3, -0.25) is 14.5 Å². The number of hydrogen-bond donors (Lipinski definition) is 1. The number of ether oxygens (including phenoxy) is 1. The van der Waals surface area contributed by atoms with Crippen molar-refractivity contribution in [3.8, 4) is 5.75 Å². The van der Waals surface area contributed by atoms with Crippen molar-refractivity contribution in [3.05, 3.63) is 63.7 Å². The minimum Gasteiger partial charge on any atom is -0.491 e. The molecule has 1 atom stereocenters. The molecule has 3 rings (SSSR count). The number of carboxylic acids is 1. The van der Waals surface area contributed by atoms with Crippen LogP contribution in [0.5, 0.6) is 5.75 Å². The Kier molecular flexibility index (Phi) is 10.3. The van der Waals surface area contributed by atoms with Crippen LogP contribution in [0.1, 0.15) is 67.8 Å². The Morgan fingerprint density at radius 1 is 1.08 bits per heavy atom. The Hall–Kier alpha value is -2.90. The van der Waals surface area contributed by atoms with Crippen LogP contribution in [0.2, 0.25) is 5.02 Å². The molecule has 0 spiro atoms. The van der Waals surface area contributed by atoms with Crippen molar-refractivity contribution in [2.75, 3.05) is 20.2 Å². The summed E-state index contributed by atoms with van der Waals surface area (Å²) < 4.78 is 5.95. The number of ketones is 1. The fraction of sp³-hybridized carbons (Fsp3) is 0.500. The van der Waals surface area contributed by atoms with Crippen molar-refractivity contribution < 1.29 is 24.2 Å². The minimum absolute atomic E-state index is 0.00830. The summed E-state index contributed by atoms with van der Waals surface area (Å²) in [7, 11) is 1.72. The van der Waals surface area contributed by atoms with Gasteiger partial charge in [0.25, 0.3) is 0 Å². The number of aryl methyl sites for hydroxylation is 2. The van der Waals surface area contributed by atoms with Crippen LogP contribution in [0.25, 0.3) is 0 Å². The maximum atomic E-state index is 12.1. The summed E-state index contributed by atoms with van der Waals surface area (Å²) in [6.07, 6.45) is 1.77. The van der Waals surface area contributed by atoms with E-state index in [0.717, 1.165) is 33.0 Å². The Labute approximate surface area is 230 Å². The number of carbonyl (C=O) groups excluding carboxylic acids is 2. The van der Waals surface area contributed by atoms with Crippen molar-refractivity contribution in [1.29, 1.82) is 0 Å². The maximum absolute atomic E-state index is 12.1. The quantitative estimate of drug-likeness (QED) is 0.355. The molecule has 1 amide bonds. The largest absolute Gasteiger partial charge is 0.491 e. The molecule has 2 aromatic rings. The first-order valence-corrected chi connectivity index (χ1v) is 13.5. The third-order valence-electron chi connectivity index (χ3n) is 7.50. The van der Waals surface area contributed by atoms with Crippen LogP contribution in [0, 0.1) is 19.8 Å². The molecule has 1 fully saturated rings. The van der Waals surface area contributed by atoms with Crippen LogP contribution < -0.4 is 4.74 Å². The Morgan fingerprint density at radius 3 is 2.39 bits per heavy atom. The summed E-state index contributed by atoms with van der Waals surface area (Å²) in [6, 6.07) is 12.5. The van der Waals surface area contributed by atoms with E-state index < -0.39 is 5.97 Å². The van der Waals surface area contributed by atoms with E-state index >= 15 is 0 Å². The smallest absolute Gasteiger partial charge is 0.306 e. The summed E-state index contributed by atoms with van der Waals surface area (Å²) in [5.74, 6) is -0.303. The molecule has 206 valence electrons. The summed E-state index contributed by atoms with van der Waals surface area (Å²) in [5, 5.41) is 10.1. The first kappa shape index (κ1) is 29.7. The molecular weight excluding hydrogens is 504 g/mol. The van der Waals surface area contributed by atoms with Gasteiger partial charge in [-0.05, 0) is 74.9 Å².